The van der Waals surface area contributed by atoms with Crippen LogP contribution in [0.25, 0.3) is 0 Å². The first-order valence-corrected chi connectivity index (χ1v) is 8.71. The maximum atomic E-state index is 11.5. The molecule has 4 heteroatoms. The van der Waals surface area contributed by atoms with Crippen LogP contribution in [0.1, 0.15) is 33.1 Å². The Hall–Kier alpha value is -0.0900. The molecular weight excluding hydrogens is 234 g/mol. The van der Waals surface area contributed by atoms with Crippen molar-refractivity contribution in [3.05, 3.63) is 0 Å². The first-order chi connectivity index (χ1) is 7.96. The third-order valence-corrected chi connectivity index (χ3v) is 6.09. The summed E-state index contributed by atoms with van der Waals surface area (Å²) in [5, 5.41) is 0. The van der Waals surface area contributed by atoms with Gasteiger partial charge in [-0.25, -0.2) is 8.42 Å². The molecule has 0 aromatic carbocycles. The molecule has 2 rings (SSSR count). The van der Waals surface area contributed by atoms with Gasteiger partial charge in [-0.15, -0.1) is 0 Å². The van der Waals surface area contributed by atoms with Gasteiger partial charge in [0.1, 0.15) is 0 Å². The van der Waals surface area contributed by atoms with Gasteiger partial charge in [-0.1, -0.05) is 13.8 Å². The molecule has 1 heterocycles. The maximum Gasteiger partial charge on any atom is 0.151 e. The van der Waals surface area contributed by atoms with Gasteiger partial charge in [-0.3, -0.25) is 0 Å². The lowest BCUT2D eigenvalue weighted by atomic mass is 9.69. The van der Waals surface area contributed by atoms with Gasteiger partial charge in [-0.2, -0.15) is 0 Å². The highest BCUT2D eigenvalue weighted by Crippen LogP contribution is 2.39. The highest BCUT2D eigenvalue weighted by molar-refractivity contribution is 7.91. The number of rotatable bonds is 3. The highest BCUT2D eigenvalue weighted by atomic mass is 32.2. The fourth-order valence-electron chi connectivity index (χ4n) is 3.02. The first-order valence-electron chi connectivity index (χ1n) is 6.89. The van der Waals surface area contributed by atoms with Gasteiger partial charge in [0, 0.05) is 13.1 Å². The molecule has 1 saturated carbocycles. The van der Waals surface area contributed by atoms with Crippen LogP contribution in [0.4, 0.5) is 0 Å². The molecular formula is C13H25NO2S. The molecule has 0 atom stereocenters. The molecule has 2 aliphatic rings. The van der Waals surface area contributed by atoms with Crippen molar-refractivity contribution in [1.29, 1.82) is 0 Å². The van der Waals surface area contributed by atoms with Gasteiger partial charge < -0.3 is 4.90 Å². The van der Waals surface area contributed by atoms with Crippen molar-refractivity contribution in [2.75, 3.05) is 31.1 Å². The van der Waals surface area contributed by atoms with E-state index in [1.54, 1.807) is 0 Å². The molecule has 17 heavy (non-hydrogen) atoms. The van der Waals surface area contributed by atoms with E-state index in [2.05, 4.69) is 18.7 Å². The van der Waals surface area contributed by atoms with E-state index in [1.807, 2.05) is 0 Å². The van der Waals surface area contributed by atoms with Gasteiger partial charge in [0.25, 0.3) is 0 Å². The first kappa shape index (κ1) is 13.3. The molecule has 2 fully saturated rings. The molecule has 0 N–H and O–H groups in total. The Morgan fingerprint density at radius 3 is 2.53 bits per heavy atom. The van der Waals surface area contributed by atoms with E-state index in [1.165, 1.54) is 12.8 Å². The molecule has 3 nitrogen and oxygen atoms in total. The van der Waals surface area contributed by atoms with Crippen LogP contribution in [0, 0.1) is 17.8 Å². The Morgan fingerprint density at radius 1 is 1.18 bits per heavy atom. The summed E-state index contributed by atoms with van der Waals surface area (Å²) in [7, 11) is -2.74. The van der Waals surface area contributed by atoms with Crippen molar-refractivity contribution in [1.82, 2.24) is 4.90 Å². The van der Waals surface area contributed by atoms with Crippen molar-refractivity contribution in [2.24, 2.45) is 17.8 Å². The Labute approximate surface area is 105 Å². The van der Waals surface area contributed by atoms with E-state index in [0.29, 0.717) is 11.5 Å². The van der Waals surface area contributed by atoms with Crippen LogP contribution in [0.15, 0.2) is 0 Å². The quantitative estimate of drug-likeness (QED) is 0.775. The summed E-state index contributed by atoms with van der Waals surface area (Å²) in [5.74, 6) is 3.31. The van der Waals surface area contributed by atoms with Gasteiger partial charge in [0.15, 0.2) is 9.84 Å². The van der Waals surface area contributed by atoms with Gasteiger partial charge in [-0.05, 0) is 43.6 Å². The van der Waals surface area contributed by atoms with Crippen LogP contribution in [-0.4, -0.2) is 44.5 Å². The zero-order chi connectivity index (χ0) is 12.5. The predicted octanol–water partition coefficient (Wildman–Crippen LogP) is 1.79. The summed E-state index contributed by atoms with van der Waals surface area (Å²) in [4.78, 5) is 2.37. The largest absolute Gasteiger partial charge is 0.302 e. The number of nitrogens with zero attached hydrogens (tertiary/aromatic N) is 1. The lowest BCUT2D eigenvalue weighted by Gasteiger charge is -2.40. The second kappa shape index (κ2) is 5.27. The molecule has 0 bridgehead atoms. The van der Waals surface area contributed by atoms with Crippen LogP contribution in [-0.2, 0) is 9.84 Å². The normalized spacial score (nSPS) is 34.3. The minimum absolute atomic E-state index is 0.368. The summed E-state index contributed by atoms with van der Waals surface area (Å²) in [6.45, 7) is 7.46. The Morgan fingerprint density at radius 2 is 1.88 bits per heavy atom. The molecule has 0 radical (unpaired) electrons. The van der Waals surface area contributed by atoms with Crippen molar-refractivity contribution in [3.8, 4) is 0 Å². The number of hydrogen-bond acceptors (Lipinski definition) is 3. The van der Waals surface area contributed by atoms with E-state index < -0.39 is 9.84 Å². The molecule has 100 valence electrons. The third-order valence-electron chi connectivity index (χ3n) is 4.38. The van der Waals surface area contributed by atoms with E-state index in [-0.39, 0.29) is 0 Å². The summed E-state index contributed by atoms with van der Waals surface area (Å²) in [6.07, 6.45) is 3.52. The molecule has 0 aromatic rings. The second-order valence-corrected chi connectivity index (χ2v) is 8.45. The minimum Gasteiger partial charge on any atom is -0.302 e. The number of hydrogen-bond donors (Lipinski definition) is 0. The molecule has 0 spiro atoms. The maximum absolute atomic E-state index is 11.5. The SMILES string of the molecule is CC(C)C1CC(CN2CCCS(=O)(=O)CC2)C1. The molecule has 0 amide bonds. The lowest BCUT2D eigenvalue weighted by Crippen LogP contribution is -2.39. The van der Waals surface area contributed by atoms with Gasteiger partial charge in [0.05, 0.1) is 11.5 Å². The van der Waals surface area contributed by atoms with Crippen LogP contribution in [0.2, 0.25) is 0 Å². The Balaban J connectivity index is 1.74. The molecule has 0 aromatic heterocycles. The van der Waals surface area contributed by atoms with Crippen LogP contribution >= 0.6 is 0 Å². The standard InChI is InChI=1S/C13H25NO2S/c1-11(2)13-8-12(9-13)10-14-4-3-6-17(15,16)7-5-14/h11-13H,3-10H2,1-2H3. The fourth-order valence-corrected chi connectivity index (χ4v) is 4.33. The van der Waals surface area contributed by atoms with Crippen molar-refractivity contribution < 1.29 is 8.42 Å². The number of sulfone groups is 1. The minimum atomic E-state index is -2.74. The predicted molar refractivity (Wildman–Crippen MR) is 70.8 cm³/mol. The van der Waals surface area contributed by atoms with Crippen LogP contribution in [0.3, 0.4) is 0 Å². The molecule has 1 saturated heterocycles. The third kappa shape index (κ3) is 3.68. The van der Waals surface area contributed by atoms with Crippen LogP contribution < -0.4 is 0 Å². The van der Waals surface area contributed by atoms with E-state index in [9.17, 15) is 8.42 Å². The van der Waals surface area contributed by atoms with Crippen molar-refractivity contribution in [3.63, 3.8) is 0 Å². The highest BCUT2D eigenvalue weighted by Gasteiger charge is 2.32. The summed E-state index contributed by atoms with van der Waals surface area (Å²) < 4.78 is 23.0. The van der Waals surface area contributed by atoms with Gasteiger partial charge in [0.2, 0.25) is 0 Å². The Bertz CT molecular complexity index is 344. The molecule has 0 unspecified atom stereocenters. The monoisotopic (exact) mass is 259 g/mol. The van der Waals surface area contributed by atoms with Crippen molar-refractivity contribution in [2.45, 2.75) is 33.1 Å². The van der Waals surface area contributed by atoms with E-state index in [4.69, 9.17) is 0 Å². The second-order valence-electron chi connectivity index (χ2n) is 6.15. The summed E-state index contributed by atoms with van der Waals surface area (Å²) in [5.41, 5.74) is 0. The summed E-state index contributed by atoms with van der Waals surface area (Å²) >= 11 is 0. The molecule has 1 aliphatic heterocycles. The van der Waals surface area contributed by atoms with E-state index >= 15 is 0 Å². The zero-order valence-corrected chi connectivity index (χ0v) is 11.9. The zero-order valence-electron chi connectivity index (χ0n) is 11.1. The molecule has 1 aliphatic carbocycles. The van der Waals surface area contributed by atoms with Crippen LogP contribution in [0.5, 0.6) is 0 Å². The smallest absolute Gasteiger partial charge is 0.151 e. The fraction of sp³-hybridized carbons (Fsp3) is 1.00. The lowest BCUT2D eigenvalue weighted by molar-refractivity contribution is 0.0983. The average Bonchev–Trinajstić information content (AvgIpc) is 2.32. The average molecular weight is 259 g/mol. The van der Waals surface area contributed by atoms with Gasteiger partial charge >= 0.3 is 0 Å². The van der Waals surface area contributed by atoms with E-state index in [0.717, 1.165) is 43.8 Å². The topological polar surface area (TPSA) is 37.4 Å². The Kier molecular flexibility index (Phi) is 4.14. The van der Waals surface area contributed by atoms with Crippen molar-refractivity contribution >= 4 is 9.84 Å². The summed E-state index contributed by atoms with van der Waals surface area (Å²) in [6, 6.07) is 0.